The highest BCUT2D eigenvalue weighted by molar-refractivity contribution is 5.71. The molecule has 0 amide bonds. The van der Waals surface area contributed by atoms with Crippen molar-refractivity contribution in [1.82, 2.24) is 10.2 Å². The summed E-state index contributed by atoms with van der Waals surface area (Å²) in [5.74, 6) is 0. The van der Waals surface area contributed by atoms with Crippen LogP contribution in [0, 0.1) is 6.92 Å². The monoisotopic (exact) mass is 200 g/mol. The Labute approximate surface area is 88.1 Å². The topological polar surface area (TPSA) is 45.8 Å². The summed E-state index contributed by atoms with van der Waals surface area (Å²) in [7, 11) is 0. The second-order valence-electron chi connectivity index (χ2n) is 3.60. The number of rotatable bonds is 3. The molecule has 76 valence electrons. The van der Waals surface area contributed by atoms with Crippen LogP contribution in [0.1, 0.15) is 27.3 Å². The minimum Gasteiger partial charge on any atom is -0.296 e. The van der Waals surface area contributed by atoms with Crippen LogP contribution >= 0.6 is 0 Å². The number of nitrogens with one attached hydrogen (secondary N) is 1. The molecule has 2 aromatic rings. The van der Waals surface area contributed by atoms with Gasteiger partial charge in [0.25, 0.3) is 0 Å². The van der Waals surface area contributed by atoms with Crippen molar-refractivity contribution < 1.29 is 4.79 Å². The molecular weight excluding hydrogens is 188 g/mol. The first-order chi connectivity index (χ1) is 7.28. The molecule has 3 nitrogen and oxygen atoms in total. The standard InChI is InChI=1S/C12H12N2O/c1-9-3-2-4-10(5-9)6-11-7-12(8-15)14-13-11/h2-5,7-8H,6H2,1H3,(H,13,14). The molecule has 0 atom stereocenters. The summed E-state index contributed by atoms with van der Waals surface area (Å²) in [5, 5.41) is 6.70. The van der Waals surface area contributed by atoms with Crippen molar-refractivity contribution in [3.63, 3.8) is 0 Å². The lowest BCUT2D eigenvalue weighted by Gasteiger charge is -1.99. The molecule has 1 aromatic heterocycles. The summed E-state index contributed by atoms with van der Waals surface area (Å²) in [6, 6.07) is 10.1. The normalized spacial score (nSPS) is 10.2. The molecule has 0 saturated carbocycles. The van der Waals surface area contributed by atoms with Crippen LogP contribution in [0.3, 0.4) is 0 Å². The molecule has 0 aliphatic rings. The zero-order chi connectivity index (χ0) is 10.7. The Kier molecular flexibility index (Phi) is 2.63. The first-order valence-corrected chi connectivity index (χ1v) is 4.83. The van der Waals surface area contributed by atoms with Gasteiger partial charge in [-0.1, -0.05) is 29.8 Å². The maximum atomic E-state index is 10.4. The number of hydrogen-bond acceptors (Lipinski definition) is 2. The molecule has 0 fully saturated rings. The van der Waals surface area contributed by atoms with Gasteiger partial charge in [0.05, 0.1) is 0 Å². The third-order valence-corrected chi connectivity index (χ3v) is 2.25. The maximum absolute atomic E-state index is 10.4. The van der Waals surface area contributed by atoms with Crippen LogP contribution in [-0.4, -0.2) is 16.5 Å². The van der Waals surface area contributed by atoms with Gasteiger partial charge in [-0.25, -0.2) is 0 Å². The number of carbonyl (C=O) groups excluding carboxylic acids is 1. The van der Waals surface area contributed by atoms with E-state index in [9.17, 15) is 4.79 Å². The average Bonchev–Trinajstić information content (AvgIpc) is 2.65. The molecule has 0 unspecified atom stereocenters. The Morgan fingerprint density at radius 1 is 1.40 bits per heavy atom. The van der Waals surface area contributed by atoms with Crippen LogP contribution < -0.4 is 0 Å². The average molecular weight is 200 g/mol. The summed E-state index contributed by atoms with van der Waals surface area (Å²) < 4.78 is 0. The lowest BCUT2D eigenvalue weighted by molar-refractivity contribution is 0.111. The van der Waals surface area contributed by atoms with Crippen molar-refractivity contribution in [3.05, 3.63) is 52.8 Å². The van der Waals surface area contributed by atoms with Crippen LogP contribution in [0.5, 0.6) is 0 Å². The first-order valence-electron chi connectivity index (χ1n) is 4.83. The lowest BCUT2D eigenvalue weighted by atomic mass is 10.1. The molecule has 0 bridgehead atoms. The maximum Gasteiger partial charge on any atom is 0.170 e. The van der Waals surface area contributed by atoms with Crippen molar-refractivity contribution in [2.24, 2.45) is 0 Å². The minimum absolute atomic E-state index is 0.456. The molecule has 0 saturated heterocycles. The lowest BCUT2D eigenvalue weighted by Crippen LogP contribution is -1.88. The van der Waals surface area contributed by atoms with E-state index in [2.05, 4.69) is 35.3 Å². The molecule has 0 radical (unpaired) electrons. The predicted octanol–water partition coefficient (Wildman–Crippen LogP) is 2.12. The molecule has 15 heavy (non-hydrogen) atoms. The molecule has 0 aliphatic heterocycles. The van der Waals surface area contributed by atoms with E-state index in [1.54, 1.807) is 6.07 Å². The number of carbonyl (C=O) groups is 1. The number of H-pyrrole nitrogens is 1. The molecule has 0 spiro atoms. The van der Waals surface area contributed by atoms with Crippen LogP contribution in [0.4, 0.5) is 0 Å². The van der Waals surface area contributed by atoms with Crippen molar-refractivity contribution in [2.75, 3.05) is 0 Å². The van der Waals surface area contributed by atoms with Crippen molar-refractivity contribution in [1.29, 1.82) is 0 Å². The van der Waals surface area contributed by atoms with Gasteiger partial charge < -0.3 is 0 Å². The number of benzene rings is 1. The third-order valence-electron chi connectivity index (χ3n) is 2.25. The van der Waals surface area contributed by atoms with Crippen LogP contribution in [-0.2, 0) is 6.42 Å². The van der Waals surface area contributed by atoms with Gasteiger partial charge in [0.1, 0.15) is 5.69 Å². The van der Waals surface area contributed by atoms with Crippen molar-refractivity contribution in [3.8, 4) is 0 Å². The van der Waals surface area contributed by atoms with Gasteiger partial charge >= 0.3 is 0 Å². The predicted molar refractivity (Wildman–Crippen MR) is 58.0 cm³/mol. The van der Waals surface area contributed by atoms with E-state index < -0.39 is 0 Å². The van der Waals surface area contributed by atoms with Crippen molar-refractivity contribution >= 4 is 6.29 Å². The van der Waals surface area contributed by atoms with E-state index in [-0.39, 0.29) is 0 Å². The van der Waals surface area contributed by atoms with E-state index in [1.807, 2.05) is 6.07 Å². The fourth-order valence-electron chi connectivity index (χ4n) is 1.57. The number of hydrogen-bond donors (Lipinski definition) is 1. The summed E-state index contributed by atoms with van der Waals surface area (Å²) in [5.41, 5.74) is 3.87. The highest BCUT2D eigenvalue weighted by atomic mass is 16.1. The van der Waals surface area contributed by atoms with Gasteiger partial charge in [0, 0.05) is 12.1 Å². The molecule has 1 aromatic carbocycles. The Hall–Kier alpha value is -1.90. The summed E-state index contributed by atoms with van der Waals surface area (Å²) in [6.07, 6.45) is 1.53. The highest BCUT2D eigenvalue weighted by Gasteiger charge is 2.01. The number of aryl methyl sites for hydroxylation is 1. The third kappa shape index (κ3) is 2.31. The van der Waals surface area contributed by atoms with Gasteiger partial charge in [-0.3, -0.25) is 9.89 Å². The largest absolute Gasteiger partial charge is 0.296 e. The van der Waals surface area contributed by atoms with Crippen LogP contribution in [0.2, 0.25) is 0 Å². The first kappa shape index (κ1) is 9.65. The second kappa shape index (κ2) is 4.09. The summed E-state index contributed by atoms with van der Waals surface area (Å²) in [4.78, 5) is 10.4. The Bertz CT molecular complexity index is 474. The fraction of sp³-hybridized carbons (Fsp3) is 0.167. The van der Waals surface area contributed by atoms with Crippen molar-refractivity contribution in [2.45, 2.75) is 13.3 Å². The zero-order valence-corrected chi connectivity index (χ0v) is 8.53. The highest BCUT2D eigenvalue weighted by Crippen LogP contribution is 2.09. The Morgan fingerprint density at radius 2 is 2.27 bits per heavy atom. The molecule has 0 aliphatic carbocycles. The minimum atomic E-state index is 0.456. The molecule has 2 rings (SSSR count). The van der Waals surface area contributed by atoms with Gasteiger partial charge in [0.2, 0.25) is 0 Å². The van der Waals surface area contributed by atoms with Crippen LogP contribution in [0.25, 0.3) is 0 Å². The van der Waals surface area contributed by atoms with Gasteiger partial charge in [-0.2, -0.15) is 5.10 Å². The quantitative estimate of drug-likeness (QED) is 0.771. The molecule has 1 N–H and O–H groups in total. The Morgan fingerprint density at radius 3 is 2.93 bits per heavy atom. The molecule has 1 heterocycles. The summed E-state index contributed by atoms with van der Waals surface area (Å²) >= 11 is 0. The van der Waals surface area contributed by atoms with Crippen LogP contribution in [0.15, 0.2) is 30.3 Å². The van der Waals surface area contributed by atoms with Gasteiger partial charge in [-0.15, -0.1) is 0 Å². The summed E-state index contributed by atoms with van der Waals surface area (Å²) in [6.45, 7) is 2.06. The zero-order valence-electron chi connectivity index (χ0n) is 8.53. The van der Waals surface area contributed by atoms with E-state index in [0.717, 1.165) is 18.4 Å². The number of aromatic nitrogens is 2. The number of aldehydes is 1. The van der Waals surface area contributed by atoms with E-state index in [1.165, 1.54) is 11.1 Å². The fourth-order valence-corrected chi connectivity index (χ4v) is 1.57. The smallest absolute Gasteiger partial charge is 0.170 e. The van der Waals surface area contributed by atoms with E-state index in [0.29, 0.717) is 5.69 Å². The van der Waals surface area contributed by atoms with E-state index in [4.69, 9.17) is 0 Å². The van der Waals surface area contributed by atoms with Gasteiger partial charge in [0.15, 0.2) is 6.29 Å². The van der Waals surface area contributed by atoms with E-state index >= 15 is 0 Å². The van der Waals surface area contributed by atoms with Gasteiger partial charge in [-0.05, 0) is 18.6 Å². The number of nitrogens with zero attached hydrogens (tertiary/aromatic N) is 1. The second-order valence-corrected chi connectivity index (χ2v) is 3.60. The SMILES string of the molecule is Cc1cccc(Cc2cc(C=O)n[nH]2)c1. The molecular formula is C12H12N2O. The molecule has 3 heteroatoms. The number of aromatic amines is 1. The Balaban J connectivity index is 2.18.